The molecule has 0 atom stereocenters. The quantitative estimate of drug-likeness (QED) is 0.622. The van der Waals surface area contributed by atoms with Gasteiger partial charge in [0.05, 0.1) is 14.2 Å². The highest BCUT2D eigenvalue weighted by molar-refractivity contribution is 5.87. The molecule has 1 rings (SSSR count). The maximum absolute atomic E-state index is 10.4. The van der Waals surface area contributed by atoms with Gasteiger partial charge in [-0.2, -0.15) is 0 Å². The standard InChI is InChI=1S/C7H8O5/c1-10-4-3-12-6(7(8)9)5(4)11-2/h3H,1-2H3,(H,8,9)/p-1. The first-order chi connectivity index (χ1) is 5.70. The van der Waals surface area contributed by atoms with Crippen LogP contribution in [0.25, 0.3) is 0 Å². The van der Waals surface area contributed by atoms with Crippen molar-refractivity contribution in [1.29, 1.82) is 0 Å². The Hall–Kier alpha value is -1.65. The van der Waals surface area contributed by atoms with Gasteiger partial charge in [0, 0.05) is 0 Å². The number of methoxy groups -OCH3 is 2. The summed E-state index contributed by atoms with van der Waals surface area (Å²) in [6.45, 7) is 0. The van der Waals surface area contributed by atoms with E-state index in [1.807, 2.05) is 0 Å². The van der Waals surface area contributed by atoms with Gasteiger partial charge in [-0.05, 0) is 0 Å². The van der Waals surface area contributed by atoms with Crippen LogP contribution in [0.1, 0.15) is 10.6 Å². The first-order valence-corrected chi connectivity index (χ1v) is 3.11. The van der Waals surface area contributed by atoms with Gasteiger partial charge in [-0.3, -0.25) is 0 Å². The van der Waals surface area contributed by atoms with E-state index in [1.165, 1.54) is 14.2 Å². The van der Waals surface area contributed by atoms with Crippen LogP contribution in [0.5, 0.6) is 11.5 Å². The Morgan fingerprint density at radius 3 is 2.58 bits per heavy atom. The summed E-state index contributed by atoms with van der Waals surface area (Å²) >= 11 is 0. The molecule has 66 valence electrons. The minimum atomic E-state index is -1.44. The zero-order valence-corrected chi connectivity index (χ0v) is 6.62. The molecule has 0 aliphatic heterocycles. The molecule has 12 heavy (non-hydrogen) atoms. The maximum atomic E-state index is 10.4. The molecule has 0 N–H and O–H groups in total. The monoisotopic (exact) mass is 171 g/mol. The smallest absolute Gasteiger partial charge is 0.209 e. The molecular formula is C7H7O5-. The third-order valence-electron chi connectivity index (χ3n) is 1.32. The van der Waals surface area contributed by atoms with Crippen molar-refractivity contribution in [3.05, 3.63) is 12.0 Å². The zero-order chi connectivity index (χ0) is 9.14. The molecule has 5 heteroatoms. The second-order valence-electron chi connectivity index (χ2n) is 1.95. The van der Waals surface area contributed by atoms with Crippen molar-refractivity contribution in [2.45, 2.75) is 0 Å². The molecule has 0 unspecified atom stereocenters. The molecule has 1 heterocycles. The molecule has 0 amide bonds. The lowest BCUT2D eigenvalue weighted by Gasteiger charge is -2.02. The minimum absolute atomic E-state index is 0.0394. The van der Waals surface area contributed by atoms with Gasteiger partial charge in [0.1, 0.15) is 12.2 Å². The van der Waals surface area contributed by atoms with E-state index in [4.69, 9.17) is 9.47 Å². The Bertz CT molecular complexity index is 288. The highest BCUT2D eigenvalue weighted by Gasteiger charge is 2.15. The number of ether oxygens (including phenoxy) is 2. The number of carboxylic acids is 1. The average Bonchev–Trinajstić information content (AvgIpc) is 2.46. The molecule has 1 aromatic rings. The predicted octanol–water partition coefficient (Wildman–Crippen LogP) is -0.340. The summed E-state index contributed by atoms with van der Waals surface area (Å²) in [6.07, 6.45) is 1.14. The largest absolute Gasteiger partial charge is 0.541 e. The van der Waals surface area contributed by atoms with Crippen LogP contribution in [0.15, 0.2) is 10.7 Å². The minimum Gasteiger partial charge on any atom is -0.541 e. The van der Waals surface area contributed by atoms with Gasteiger partial charge in [-0.15, -0.1) is 0 Å². The van der Waals surface area contributed by atoms with Gasteiger partial charge in [-0.1, -0.05) is 0 Å². The Morgan fingerprint density at radius 2 is 2.17 bits per heavy atom. The van der Waals surface area contributed by atoms with E-state index in [9.17, 15) is 9.90 Å². The fraction of sp³-hybridized carbons (Fsp3) is 0.286. The summed E-state index contributed by atoms with van der Waals surface area (Å²) in [5.74, 6) is -1.53. The number of hydrogen-bond donors (Lipinski definition) is 0. The molecule has 0 bridgehead atoms. The van der Waals surface area contributed by atoms with Crippen LogP contribution >= 0.6 is 0 Å². The molecule has 0 radical (unpaired) electrons. The molecule has 0 fully saturated rings. The Balaban J connectivity index is 3.13. The van der Waals surface area contributed by atoms with Crippen LogP contribution in [0, 0.1) is 0 Å². The van der Waals surface area contributed by atoms with Crippen LogP contribution < -0.4 is 14.6 Å². The van der Waals surface area contributed by atoms with Crippen molar-refractivity contribution < 1.29 is 23.8 Å². The van der Waals surface area contributed by atoms with Gasteiger partial charge in [0.2, 0.25) is 5.75 Å². The van der Waals surface area contributed by atoms with Crippen molar-refractivity contribution in [1.82, 2.24) is 0 Å². The maximum Gasteiger partial charge on any atom is 0.209 e. The number of aromatic carboxylic acids is 1. The summed E-state index contributed by atoms with van der Waals surface area (Å²) in [6, 6.07) is 0. The van der Waals surface area contributed by atoms with E-state index in [2.05, 4.69) is 4.42 Å². The Kier molecular flexibility index (Phi) is 2.23. The van der Waals surface area contributed by atoms with Crippen LogP contribution in [-0.4, -0.2) is 20.2 Å². The summed E-state index contributed by atoms with van der Waals surface area (Å²) < 4.78 is 14.1. The molecular weight excluding hydrogens is 164 g/mol. The first-order valence-electron chi connectivity index (χ1n) is 3.11. The fourth-order valence-corrected chi connectivity index (χ4v) is 0.806. The lowest BCUT2D eigenvalue weighted by Crippen LogP contribution is -2.22. The summed E-state index contributed by atoms with van der Waals surface area (Å²) in [4.78, 5) is 10.4. The zero-order valence-electron chi connectivity index (χ0n) is 6.62. The molecule has 0 saturated carbocycles. The average molecular weight is 171 g/mol. The van der Waals surface area contributed by atoms with Crippen molar-refractivity contribution in [3.8, 4) is 11.5 Å². The van der Waals surface area contributed by atoms with Gasteiger partial charge in [0.25, 0.3) is 0 Å². The van der Waals surface area contributed by atoms with E-state index in [1.54, 1.807) is 0 Å². The van der Waals surface area contributed by atoms with Crippen molar-refractivity contribution in [3.63, 3.8) is 0 Å². The number of hydrogen-bond acceptors (Lipinski definition) is 5. The van der Waals surface area contributed by atoms with Gasteiger partial charge >= 0.3 is 0 Å². The number of carboxylic acid groups (broad SMARTS) is 1. The van der Waals surface area contributed by atoms with Crippen LogP contribution in [-0.2, 0) is 0 Å². The molecule has 5 nitrogen and oxygen atoms in total. The highest BCUT2D eigenvalue weighted by atomic mass is 16.5. The van der Waals surface area contributed by atoms with Crippen molar-refractivity contribution in [2.24, 2.45) is 0 Å². The van der Waals surface area contributed by atoms with Gasteiger partial charge < -0.3 is 23.8 Å². The van der Waals surface area contributed by atoms with Crippen LogP contribution in [0.4, 0.5) is 0 Å². The van der Waals surface area contributed by atoms with Crippen molar-refractivity contribution in [2.75, 3.05) is 14.2 Å². The molecule has 0 saturated heterocycles. The first kappa shape index (κ1) is 8.45. The molecule has 0 spiro atoms. The van der Waals surface area contributed by atoms with E-state index < -0.39 is 5.97 Å². The van der Waals surface area contributed by atoms with Gasteiger partial charge in [0.15, 0.2) is 11.5 Å². The van der Waals surface area contributed by atoms with Crippen molar-refractivity contribution >= 4 is 5.97 Å². The molecule has 1 aromatic heterocycles. The van der Waals surface area contributed by atoms with E-state index in [0.717, 1.165) is 6.26 Å². The lowest BCUT2D eigenvalue weighted by atomic mass is 10.4. The summed E-state index contributed by atoms with van der Waals surface area (Å²) in [5.41, 5.74) is 0. The van der Waals surface area contributed by atoms with E-state index in [-0.39, 0.29) is 17.3 Å². The third-order valence-corrected chi connectivity index (χ3v) is 1.32. The third kappa shape index (κ3) is 1.20. The number of carbonyl (C=O) groups is 1. The fourth-order valence-electron chi connectivity index (χ4n) is 0.806. The Labute approximate surface area is 68.5 Å². The second-order valence-corrected chi connectivity index (χ2v) is 1.95. The Morgan fingerprint density at radius 1 is 1.50 bits per heavy atom. The predicted molar refractivity (Wildman–Crippen MR) is 36.1 cm³/mol. The van der Waals surface area contributed by atoms with Crippen LogP contribution in [0.2, 0.25) is 0 Å². The topological polar surface area (TPSA) is 71.7 Å². The second kappa shape index (κ2) is 3.17. The summed E-state index contributed by atoms with van der Waals surface area (Å²) in [5, 5.41) is 10.4. The van der Waals surface area contributed by atoms with Crippen LogP contribution in [0.3, 0.4) is 0 Å². The highest BCUT2D eigenvalue weighted by Crippen LogP contribution is 2.32. The van der Waals surface area contributed by atoms with Gasteiger partial charge in [-0.25, -0.2) is 0 Å². The number of rotatable bonds is 3. The van der Waals surface area contributed by atoms with E-state index >= 15 is 0 Å². The number of carbonyl (C=O) groups excluding carboxylic acids is 1. The normalized spacial score (nSPS) is 9.50. The lowest BCUT2D eigenvalue weighted by molar-refractivity contribution is -0.257. The summed E-state index contributed by atoms with van der Waals surface area (Å²) in [7, 11) is 2.70. The molecule has 0 aliphatic carbocycles. The van der Waals surface area contributed by atoms with E-state index in [0.29, 0.717) is 0 Å². The molecule has 0 aromatic carbocycles. The molecule has 0 aliphatic rings. The SMILES string of the molecule is COc1coc(C(=O)[O-])c1OC. The number of furan rings is 1.